The number of carboxylic acids is 1. The van der Waals surface area contributed by atoms with Crippen LogP contribution in [0.15, 0.2) is 36.5 Å². The lowest BCUT2D eigenvalue weighted by Gasteiger charge is -2.19. The van der Waals surface area contributed by atoms with Crippen LogP contribution in [-0.4, -0.2) is 42.3 Å². The molecular weight excluding hydrogens is 430 g/mol. The average molecular weight is 470 g/mol. The fourth-order valence-electron chi connectivity index (χ4n) is 3.57. The van der Waals surface area contributed by atoms with E-state index < -0.39 is 5.97 Å². The van der Waals surface area contributed by atoms with Gasteiger partial charge in [-0.3, -0.25) is 14.7 Å². The number of aryl methyl sites for hydroxylation is 1. The number of aliphatic carboxylic acids is 1. The zero-order valence-corrected chi connectivity index (χ0v) is 20.8. The van der Waals surface area contributed by atoms with E-state index in [9.17, 15) is 9.59 Å². The van der Waals surface area contributed by atoms with Gasteiger partial charge >= 0.3 is 12.0 Å². The Bertz CT molecular complexity index is 916. The summed E-state index contributed by atoms with van der Waals surface area (Å²) in [5.74, 6) is -0.144. The summed E-state index contributed by atoms with van der Waals surface area (Å²) < 4.78 is 6.04. The summed E-state index contributed by atoms with van der Waals surface area (Å²) in [6, 6.07) is 9.27. The molecule has 34 heavy (non-hydrogen) atoms. The van der Waals surface area contributed by atoms with E-state index >= 15 is 0 Å². The molecule has 1 aromatic heterocycles. The number of hydrogen-bond donors (Lipinski definition) is 2. The van der Waals surface area contributed by atoms with E-state index in [0.29, 0.717) is 31.0 Å². The molecule has 2 rings (SSSR count). The highest BCUT2D eigenvalue weighted by atomic mass is 16.5. The number of ether oxygens (including phenoxy) is 1. The molecular formula is C27H39N3O4. The molecule has 1 aromatic carbocycles. The van der Waals surface area contributed by atoms with Crippen molar-refractivity contribution in [3.05, 3.63) is 42.1 Å². The Labute approximate surface area is 203 Å². The minimum Gasteiger partial charge on any atom is -0.493 e. The highest BCUT2D eigenvalue weighted by Gasteiger charge is 2.15. The standard InChI is InChI=1S/C27H39N3O4/c1-4-6-8-9-10-16-29-27(33)30(3)22-15-17-28-24(20-22)23-13-11-21(12-14-26(31)32)19-25(23)34-18-7-5-2/h11,13,15,17,19-20H,4-10,12,14,16,18H2,1-3H3,(H,29,33)(H,31,32). The number of rotatable bonds is 15. The van der Waals surface area contributed by atoms with Gasteiger partial charge in [-0.2, -0.15) is 0 Å². The third-order valence-corrected chi connectivity index (χ3v) is 5.70. The van der Waals surface area contributed by atoms with Crippen LogP contribution in [0.1, 0.15) is 70.8 Å². The van der Waals surface area contributed by atoms with Gasteiger partial charge < -0.3 is 15.2 Å². The van der Waals surface area contributed by atoms with Crippen LogP contribution in [0.2, 0.25) is 0 Å². The molecule has 0 saturated heterocycles. The van der Waals surface area contributed by atoms with Crippen LogP contribution in [0.4, 0.5) is 10.5 Å². The Morgan fingerprint density at radius 2 is 1.79 bits per heavy atom. The highest BCUT2D eigenvalue weighted by Crippen LogP contribution is 2.32. The Balaban J connectivity index is 2.13. The third-order valence-electron chi connectivity index (χ3n) is 5.70. The third kappa shape index (κ3) is 9.04. The molecule has 0 aliphatic heterocycles. The highest BCUT2D eigenvalue weighted by molar-refractivity contribution is 5.92. The van der Waals surface area contributed by atoms with Crippen molar-refractivity contribution in [3.63, 3.8) is 0 Å². The predicted octanol–water partition coefficient (Wildman–Crippen LogP) is 6.06. The Kier molecular flexibility index (Phi) is 11.9. The topological polar surface area (TPSA) is 91.8 Å². The Morgan fingerprint density at radius 3 is 2.53 bits per heavy atom. The molecule has 0 aliphatic rings. The summed E-state index contributed by atoms with van der Waals surface area (Å²) in [4.78, 5) is 29.7. The number of nitrogens with one attached hydrogen (secondary N) is 1. The summed E-state index contributed by atoms with van der Waals surface area (Å²) >= 11 is 0. The SMILES string of the molecule is CCCCCCCNC(=O)N(C)c1ccnc(-c2ccc(CCC(=O)O)cc2OCCCC)c1. The van der Waals surface area contributed by atoms with Gasteiger partial charge in [0.15, 0.2) is 0 Å². The molecule has 0 fully saturated rings. The lowest BCUT2D eigenvalue weighted by atomic mass is 10.0. The number of nitrogens with zero attached hydrogens (tertiary/aromatic N) is 2. The smallest absolute Gasteiger partial charge is 0.321 e. The number of benzene rings is 1. The van der Waals surface area contributed by atoms with Crippen molar-refractivity contribution in [2.75, 3.05) is 25.1 Å². The molecule has 186 valence electrons. The maximum atomic E-state index is 12.6. The molecule has 0 bridgehead atoms. The van der Waals surface area contributed by atoms with Gasteiger partial charge in [-0.25, -0.2) is 4.79 Å². The van der Waals surface area contributed by atoms with Crippen molar-refractivity contribution in [1.29, 1.82) is 0 Å². The lowest BCUT2D eigenvalue weighted by molar-refractivity contribution is -0.136. The summed E-state index contributed by atoms with van der Waals surface area (Å²) in [5.41, 5.74) is 3.17. The summed E-state index contributed by atoms with van der Waals surface area (Å²) in [6.45, 7) is 5.53. The van der Waals surface area contributed by atoms with Gasteiger partial charge in [0.1, 0.15) is 5.75 Å². The molecule has 0 saturated carbocycles. The monoisotopic (exact) mass is 469 g/mol. The first kappa shape index (κ1) is 27.2. The summed E-state index contributed by atoms with van der Waals surface area (Å²) in [6.07, 6.45) is 9.88. The number of amides is 2. The molecule has 0 unspecified atom stereocenters. The number of urea groups is 1. The van der Waals surface area contributed by atoms with Crippen LogP contribution in [0.3, 0.4) is 0 Å². The van der Waals surface area contributed by atoms with E-state index in [4.69, 9.17) is 9.84 Å². The van der Waals surface area contributed by atoms with Crippen molar-refractivity contribution >= 4 is 17.7 Å². The molecule has 0 atom stereocenters. The minimum absolute atomic E-state index is 0.0694. The number of hydrogen-bond acceptors (Lipinski definition) is 4. The van der Waals surface area contributed by atoms with Crippen molar-refractivity contribution in [3.8, 4) is 17.0 Å². The molecule has 0 spiro atoms. The minimum atomic E-state index is -0.825. The molecule has 7 nitrogen and oxygen atoms in total. The van der Waals surface area contributed by atoms with E-state index in [1.165, 1.54) is 19.3 Å². The number of carbonyl (C=O) groups excluding carboxylic acids is 1. The van der Waals surface area contributed by atoms with E-state index in [1.807, 2.05) is 30.3 Å². The second-order valence-corrected chi connectivity index (χ2v) is 8.53. The maximum absolute atomic E-state index is 12.6. The first-order chi connectivity index (χ1) is 16.5. The zero-order valence-electron chi connectivity index (χ0n) is 20.8. The number of pyridine rings is 1. The number of carboxylic acid groups (broad SMARTS) is 1. The molecule has 2 amide bonds. The van der Waals surface area contributed by atoms with Crippen LogP contribution in [0.5, 0.6) is 5.75 Å². The first-order valence-corrected chi connectivity index (χ1v) is 12.4. The van der Waals surface area contributed by atoms with E-state index in [0.717, 1.165) is 42.5 Å². The van der Waals surface area contributed by atoms with Crippen LogP contribution >= 0.6 is 0 Å². The Hall–Kier alpha value is -3.09. The van der Waals surface area contributed by atoms with Crippen molar-refractivity contribution in [1.82, 2.24) is 10.3 Å². The maximum Gasteiger partial charge on any atom is 0.321 e. The van der Waals surface area contributed by atoms with Gasteiger partial charge in [0.25, 0.3) is 0 Å². The summed E-state index contributed by atoms with van der Waals surface area (Å²) in [5, 5.41) is 12.0. The molecule has 0 aliphatic carbocycles. The Morgan fingerprint density at radius 1 is 1.03 bits per heavy atom. The van der Waals surface area contributed by atoms with Crippen LogP contribution in [0, 0.1) is 0 Å². The van der Waals surface area contributed by atoms with Crippen molar-refractivity contribution in [2.24, 2.45) is 0 Å². The molecule has 0 radical (unpaired) electrons. The summed E-state index contributed by atoms with van der Waals surface area (Å²) in [7, 11) is 1.75. The van der Waals surface area contributed by atoms with Crippen LogP contribution < -0.4 is 15.0 Å². The predicted molar refractivity (Wildman–Crippen MR) is 137 cm³/mol. The second kappa shape index (κ2) is 14.9. The number of carbonyl (C=O) groups is 2. The largest absolute Gasteiger partial charge is 0.493 e. The normalized spacial score (nSPS) is 10.7. The number of unbranched alkanes of at least 4 members (excludes halogenated alkanes) is 5. The fraction of sp³-hybridized carbons (Fsp3) is 0.519. The van der Waals surface area contributed by atoms with Gasteiger partial charge in [0.2, 0.25) is 0 Å². The quantitative estimate of drug-likeness (QED) is 0.309. The van der Waals surface area contributed by atoms with Crippen LogP contribution in [0.25, 0.3) is 11.3 Å². The van der Waals surface area contributed by atoms with E-state index in [2.05, 4.69) is 24.1 Å². The van der Waals surface area contributed by atoms with E-state index in [1.54, 1.807) is 18.1 Å². The van der Waals surface area contributed by atoms with Crippen LogP contribution in [-0.2, 0) is 11.2 Å². The van der Waals surface area contributed by atoms with E-state index in [-0.39, 0.29) is 12.5 Å². The van der Waals surface area contributed by atoms with Gasteiger partial charge in [-0.1, -0.05) is 52.0 Å². The average Bonchev–Trinajstić information content (AvgIpc) is 2.84. The first-order valence-electron chi connectivity index (χ1n) is 12.4. The van der Waals surface area contributed by atoms with Crippen molar-refractivity contribution < 1.29 is 19.4 Å². The number of anilines is 1. The van der Waals surface area contributed by atoms with Gasteiger partial charge in [-0.15, -0.1) is 0 Å². The van der Waals surface area contributed by atoms with Gasteiger partial charge in [0.05, 0.1) is 12.3 Å². The molecule has 1 heterocycles. The molecule has 2 aromatic rings. The number of aromatic nitrogens is 1. The zero-order chi connectivity index (χ0) is 24.8. The van der Waals surface area contributed by atoms with Gasteiger partial charge in [0, 0.05) is 37.5 Å². The second-order valence-electron chi connectivity index (χ2n) is 8.53. The van der Waals surface area contributed by atoms with Crippen molar-refractivity contribution in [2.45, 2.75) is 71.6 Å². The lowest BCUT2D eigenvalue weighted by Crippen LogP contribution is -2.37. The molecule has 2 N–H and O–H groups in total. The molecule has 7 heteroatoms. The fourth-order valence-corrected chi connectivity index (χ4v) is 3.57. The van der Waals surface area contributed by atoms with Gasteiger partial charge in [-0.05, 0) is 49.1 Å².